The Morgan fingerprint density at radius 1 is 1.58 bits per heavy atom. The van der Waals surface area contributed by atoms with Crippen molar-refractivity contribution < 1.29 is 0 Å². The van der Waals surface area contributed by atoms with Gasteiger partial charge in [0.05, 0.1) is 6.07 Å². The Bertz CT molecular complexity index is 194. The quantitative estimate of drug-likeness (QED) is 0.633. The lowest BCUT2D eigenvalue weighted by molar-refractivity contribution is 0.326. The predicted octanol–water partition coefficient (Wildman–Crippen LogP) is 1.99. The Balaban J connectivity index is 2.55. The highest BCUT2D eigenvalue weighted by Crippen LogP contribution is 2.22. The average molecular weight is 164 g/mol. The number of nitrogens with zero attached hydrogens (tertiary/aromatic N) is 1. The Labute approximate surface area is 74.3 Å². The molecule has 1 heterocycles. The number of allylic oxidation sites excluding steroid dienone is 1. The van der Waals surface area contributed by atoms with E-state index in [0.29, 0.717) is 0 Å². The molecule has 0 aromatic heterocycles. The van der Waals surface area contributed by atoms with Crippen LogP contribution in [0.25, 0.3) is 0 Å². The van der Waals surface area contributed by atoms with E-state index in [4.69, 9.17) is 5.26 Å². The third-order valence-electron chi connectivity index (χ3n) is 2.41. The molecular formula is C10H16N2. The first-order valence-corrected chi connectivity index (χ1v) is 4.60. The van der Waals surface area contributed by atoms with Gasteiger partial charge in [0.25, 0.3) is 0 Å². The molecule has 0 bridgehead atoms. The molecule has 0 spiro atoms. The average Bonchev–Trinajstić information content (AvgIpc) is 2.16. The third kappa shape index (κ3) is 2.09. The molecule has 1 aliphatic heterocycles. The van der Waals surface area contributed by atoms with Gasteiger partial charge in [-0.05, 0) is 39.2 Å². The summed E-state index contributed by atoms with van der Waals surface area (Å²) in [5, 5.41) is 12.3. The van der Waals surface area contributed by atoms with Crippen LogP contribution in [0.3, 0.4) is 0 Å². The van der Waals surface area contributed by atoms with Crippen LogP contribution in [0.1, 0.15) is 32.6 Å². The largest absolute Gasteiger partial charge is 0.299 e. The van der Waals surface area contributed by atoms with Crippen LogP contribution < -0.4 is 5.32 Å². The highest BCUT2D eigenvalue weighted by molar-refractivity contribution is 5.11. The maximum absolute atomic E-state index is 9.02. The van der Waals surface area contributed by atoms with Crippen LogP contribution in [-0.2, 0) is 0 Å². The van der Waals surface area contributed by atoms with Crippen molar-refractivity contribution >= 4 is 0 Å². The predicted molar refractivity (Wildman–Crippen MR) is 49.6 cm³/mol. The smallest absolute Gasteiger partial charge is 0.110 e. The first-order chi connectivity index (χ1) is 5.83. The van der Waals surface area contributed by atoms with Gasteiger partial charge in [0.1, 0.15) is 5.54 Å². The zero-order valence-corrected chi connectivity index (χ0v) is 7.64. The van der Waals surface area contributed by atoms with Crippen molar-refractivity contribution in [2.45, 2.75) is 38.1 Å². The van der Waals surface area contributed by atoms with Gasteiger partial charge in [-0.3, -0.25) is 5.32 Å². The molecule has 1 atom stereocenters. The van der Waals surface area contributed by atoms with E-state index in [0.717, 1.165) is 19.4 Å². The number of piperidine rings is 1. The normalized spacial score (nSPS) is 30.3. The zero-order valence-electron chi connectivity index (χ0n) is 7.64. The highest BCUT2D eigenvalue weighted by Gasteiger charge is 2.29. The second-order valence-electron chi connectivity index (χ2n) is 3.35. The van der Waals surface area contributed by atoms with E-state index in [1.54, 1.807) is 0 Å². The second kappa shape index (κ2) is 4.27. The van der Waals surface area contributed by atoms with Crippen molar-refractivity contribution in [3.63, 3.8) is 0 Å². The summed E-state index contributed by atoms with van der Waals surface area (Å²) in [5.41, 5.74) is -0.259. The van der Waals surface area contributed by atoms with Gasteiger partial charge >= 0.3 is 0 Å². The molecule has 66 valence electrons. The molecule has 1 rings (SSSR count). The topological polar surface area (TPSA) is 35.8 Å². The molecule has 0 saturated carbocycles. The van der Waals surface area contributed by atoms with Crippen molar-refractivity contribution in [3.8, 4) is 6.07 Å². The Kier molecular flexibility index (Phi) is 3.31. The molecule has 0 aromatic carbocycles. The molecule has 0 amide bonds. The standard InChI is InChI=1S/C10H16N2/c1-2-3-6-10(9-11)7-4-5-8-12-10/h2-3,12H,4-8H2,1H3/b3-2+. The lowest BCUT2D eigenvalue weighted by Gasteiger charge is -2.30. The van der Waals surface area contributed by atoms with Crippen molar-refractivity contribution in [2.75, 3.05) is 6.54 Å². The van der Waals surface area contributed by atoms with E-state index in [2.05, 4.69) is 17.5 Å². The fourth-order valence-electron chi connectivity index (χ4n) is 1.60. The number of nitrogens with one attached hydrogen (secondary N) is 1. The molecule has 1 N–H and O–H groups in total. The summed E-state index contributed by atoms with van der Waals surface area (Å²) in [6.45, 7) is 2.99. The van der Waals surface area contributed by atoms with Crippen LogP contribution in [0, 0.1) is 11.3 Å². The molecule has 1 saturated heterocycles. The van der Waals surface area contributed by atoms with Gasteiger partial charge in [0.15, 0.2) is 0 Å². The summed E-state index contributed by atoms with van der Waals surface area (Å²) in [4.78, 5) is 0. The maximum atomic E-state index is 9.02. The Morgan fingerprint density at radius 2 is 2.42 bits per heavy atom. The van der Waals surface area contributed by atoms with Crippen molar-refractivity contribution in [2.24, 2.45) is 0 Å². The summed E-state index contributed by atoms with van der Waals surface area (Å²) < 4.78 is 0. The molecule has 0 aliphatic carbocycles. The summed E-state index contributed by atoms with van der Waals surface area (Å²) in [5.74, 6) is 0. The van der Waals surface area contributed by atoms with Gasteiger partial charge in [0.2, 0.25) is 0 Å². The Hall–Kier alpha value is -0.810. The van der Waals surface area contributed by atoms with E-state index in [1.165, 1.54) is 12.8 Å². The fraction of sp³-hybridized carbons (Fsp3) is 0.700. The minimum absolute atomic E-state index is 0.259. The molecule has 12 heavy (non-hydrogen) atoms. The van der Waals surface area contributed by atoms with E-state index in [-0.39, 0.29) is 5.54 Å². The summed E-state index contributed by atoms with van der Waals surface area (Å²) in [6, 6.07) is 2.39. The third-order valence-corrected chi connectivity index (χ3v) is 2.41. The first-order valence-electron chi connectivity index (χ1n) is 4.60. The van der Waals surface area contributed by atoms with Crippen molar-refractivity contribution in [3.05, 3.63) is 12.2 Å². The van der Waals surface area contributed by atoms with E-state index < -0.39 is 0 Å². The molecule has 1 unspecified atom stereocenters. The molecule has 1 fully saturated rings. The SMILES string of the molecule is C/C=C/CC1(C#N)CCCCN1. The van der Waals surface area contributed by atoms with Crippen molar-refractivity contribution in [1.82, 2.24) is 5.32 Å². The van der Waals surface area contributed by atoms with Gasteiger partial charge in [-0.25, -0.2) is 0 Å². The monoisotopic (exact) mass is 164 g/mol. The van der Waals surface area contributed by atoms with Gasteiger partial charge in [-0.2, -0.15) is 5.26 Å². The van der Waals surface area contributed by atoms with Gasteiger partial charge in [-0.1, -0.05) is 12.2 Å². The number of nitriles is 1. The zero-order chi connectivity index (χ0) is 8.86. The Morgan fingerprint density at radius 3 is 2.92 bits per heavy atom. The van der Waals surface area contributed by atoms with Crippen LogP contribution in [-0.4, -0.2) is 12.1 Å². The van der Waals surface area contributed by atoms with E-state index in [9.17, 15) is 0 Å². The summed E-state index contributed by atoms with van der Waals surface area (Å²) in [7, 11) is 0. The molecule has 2 nitrogen and oxygen atoms in total. The van der Waals surface area contributed by atoms with Crippen LogP contribution >= 0.6 is 0 Å². The van der Waals surface area contributed by atoms with Gasteiger partial charge < -0.3 is 0 Å². The molecular weight excluding hydrogens is 148 g/mol. The number of hydrogen-bond acceptors (Lipinski definition) is 2. The summed E-state index contributed by atoms with van der Waals surface area (Å²) >= 11 is 0. The molecule has 0 aromatic rings. The highest BCUT2D eigenvalue weighted by atomic mass is 15.0. The second-order valence-corrected chi connectivity index (χ2v) is 3.35. The minimum Gasteiger partial charge on any atom is -0.299 e. The molecule has 2 heteroatoms. The lowest BCUT2D eigenvalue weighted by Crippen LogP contribution is -2.46. The van der Waals surface area contributed by atoms with Crippen LogP contribution in [0.15, 0.2) is 12.2 Å². The van der Waals surface area contributed by atoms with Gasteiger partial charge in [0, 0.05) is 0 Å². The molecule has 0 radical (unpaired) electrons. The van der Waals surface area contributed by atoms with Crippen LogP contribution in [0.5, 0.6) is 0 Å². The van der Waals surface area contributed by atoms with E-state index in [1.807, 2.05) is 13.0 Å². The minimum atomic E-state index is -0.259. The summed E-state index contributed by atoms with van der Waals surface area (Å²) in [6.07, 6.45) is 8.31. The lowest BCUT2D eigenvalue weighted by atomic mass is 9.87. The van der Waals surface area contributed by atoms with E-state index >= 15 is 0 Å². The molecule has 1 aliphatic rings. The van der Waals surface area contributed by atoms with Crippen molar-refractivity contribution in [1.29, 1.82) is 5.26 Å². The van der Waals surface area contributed by atoms with Gasteiger partial charge in [-0.15, -0.1) is 0 Å². The van der Waals surface area contributed by atoms with Crippen LogP contribution in [0.2, 0.25) is 0 Å². The first kappa shape index (κ1) is 9.28. The number of hydrogen-bond donors (Lipinski definition) is 1. The fourth-order valence-corrected chi connectivity index (χ4v) is 1.60. The number of rotatable bonds is 2. The maximum Gasteiger partial charge on any atom is 0.110 e. The van der Waals surface area contributed by atoms with Crippen LogP contribution in [0.4, 0.5) is 0 Å².